The van der Waals surface area contributed by atoms with Gasteiger partial charge in [0, 0.05) is 103 Å². The Labute approximate surface area is 359 Å². The number of likely N-dealkylation sites (N-methyl/N-ethyl adjacent to an activating group) is 1. The summed E-state index contributed by atoms with van der Waals surface area (Å²) >= 11 is 0. The lowest BCUT2D eigenvalue weighted by Gasteiger charge is -2.46. The maximum absolute atomic E-state index is 12.0. The minimum atomic E-state index is 0.225. The van der Waals surface area contributed by atoms with Gasteiger partial charge in [-0.3, -0.25) is 38.8 Å². The standard InChI is InChI=1S/C12H23N3O.C12H22N2O.2C11H20N2O/c1-10(2)6-15-5-4-14(9-12(15)16)11-7-13(3)8-11;1-10(2)9-14-7-4-11(8-12(14)15)13-5-3-6-13;1-9(2)6-13-7-10-4-3-5-12(10)8-11(13)14;1-9(2)8-13-7-6-12-5-3-4-10(12)11(13)14/h10-11H,4-9H2,1-3H3;10-11H,3-9H2,1-2H3;2*9-10H,3-8H2,1-2H3. The lowest BCUT2D eigenvalue weighted by molar-refractivity contribution is -0.141. The fourth-order valence-corrected chi connectivity index (χ4v) is 10.2. The number of piperidine rings is 1. The molecule has 0 aromatic rings. The lowest BCUT2D eigenvalue weighted by Crippen LogP contribution is -2.63. The summed E-state index contributed by atoms with van der Waals surface area (Å²) in [6.45, 7) is 35.3. The van der Waals surface area contributed by atoms with Crippen LogP contribution in [0.4, 0.5) is 0 Å². The molecule has 8 aliphatic rings. The Morgan fingerprint density at radius 3 is 1.49 bits per heavy atom. The Morgan fingerprint density at radius 1 is 0.441 bits per heavy atom. The molecule has 0 bridgehead atoms. The van der Waals surface area contributed by atoms with Gasteiger partial charge < -0.3 is 24.5 Å². The van der Waals surface area contributed by atoms with Gasteiger partial charge in [0.05, 0.1) is 19.1 Å². The van der Waals surface area contributed by atoms with Crippen molar-refractivity contribution in [1.29, 1.82) is 0 Å². The first-order valence-corrected chi connectivity index (χ1v) is 23.8. The maximum Gasteiger partial charge on any atom is 0.239 e. The van der Waals surface area contributed by atoms with E-state index in [4.69, 9.17) is 0 Å². The van der Waals surface area contributed by atoms with Gasteiger partial charge in [0.2, 0.25) is 23.6 Å². The van der Waals surface area contributed by atoms with Gasteiger partial charge in [-0.1, -0.05) is 55.4 Å². The van der Waals surface area contributed by atoms with Crippen molar-refractivity contribution >= 4 is 23.6 Å². The molecule has 8 heterocycles. The van der Waals surface area contributed by atoms with Crippen molar-refractivity contribution in [3.63, 3.8) is 0 Å². The molecule has 0 radical (unpaired) electrons. The van der Waals surface area contributed by atoms with E-state index in [1.54, 1.807) is 0 Å². The molecule has 4 amide bonds. The number of hydrogen-bond acceptors (Lipinski definition) is 9. The minimum absolute atomic E-state index is 0.225. The van der Waals surface area contributed by atoms with E-state index in [0.717, 1.165) is 104 Å². The zero-order valence-corrected chi connectivity index (χ0v) is 39.0. The first kappa shape index (κ1) is 47.7. The van der Waals surface area contributed by atoms with Crippen molar-refractivity contribution in [3.8, 4) is 0 Å². The van der Waals surface area contributed by atoms with Gasteiger partial charge in [-0.2, -0.15) is 0 Å². The van der Waals surface area contributed by atoms with Crippen LogP contribution in [0.1, 0.15) is 100 Å². The van der Waals surface area contributed by atoms with E-state index in [9.17, 15) is 19.2 Å². The van der Waals surface area contributed by atoms with Crippen LogP contribution >= 0.6 is 0 Å². The van der Waals surface area contributed by atoms with E-state index in [0.29, 0.717) is 78.5 Å². The molecule has 0 aromatic heterocycles. The van der Waals surface area contributed by atoms with Gasteiger partial charge in [-0.05, 0) is 95.4 Å². The maximum atomic E-state index is 12.0. The van der Waals surface area contributed by atoms with Gasteiger partial charge in [0.1, 0.15) is 0 Å². The average molecular weight is 828 g/mol. The Kier molecular flexibility index (Phi) is 18.3. The Morgan fingerprint density at radius 2 is 0.932 bits per heavy atom. The number of hydrogen-bond donors (Lipinski definition) is 0. The van der Waals surface area contributed by atoms with Crippen LogP contribution in [0.25, 0.3) is 0 Å². The monoisotopic (exact) mass is 828 g/mol. The van der Waals surface area contributed by atoms with Crippen LogP contribution in [-0.4, -0.2) is 217 Å². The van der Waals surface area contributed by atoms with Crippen molar-refractivity contribution in [2.45, 2.75) is 125 Å². The normalized spacial score (nSPS) is 27.6. The summed E-state index contributed by atoms with van der Waals surface area (Å²) in [5.74, 6) is 3.74. The Balaban J connectivity index is 0.000000150. The molecule has 0 saturated carbocycles. The van der Waals surface area contributed by atoms with Crippen molar-refractivity contribution in [2.24, 2.45) is 23.7 Å². The molecular weight excluding hydrogens is 743 g/mol. The molecule has 338 valence electrons. The SMILES string of the molecule is CC(C)CN1CC2CCCN2CC1=O.CC(C)CN1CCC(N2CCC2)CC1=O.CC(C)CN1CCN(C2CN(C)C2)CC1=O.CC(C)CN1CCN2CCCC2C1=O. The smallest absolute Gasteiger partial charge is 0.239 e. The number of carbonyl (C=O) groups is 4. The minimum Gasteiger partial charge on any atom is -0.342 e. The molecule has 8 rings (SSSR count). The largest absolute Gasteiger partial charge is 0.342 e. The zero-order chi connectivity index (χ0) is 42.8. The molecule has 0 aliphatic carbocycles. The third-order valence-electron chi connectivity index (χ3n) is 13.4. The second-order valence-corrected chi connectivity index (χ2v) is 20.7. The molecule has 13 nitrogen and oxygen atoms in total. The third-order valence-corrected chi connectivity index (χ3v) is 13.4. The number of rotatable bonds is 10. The summed E-state index contributed by atoms with van der Waals surface area (Å²) in [5.41, 5.74) is 0. The lowest BCUT2D eigenvalue weighted by atomic mass is 9.98. The number of carbonyl (C=O) groups excluding carboxylic acids is 4. The van der Waals surface area contributed by atoms with E-state index >= 15 is 0 Å². The zero-order valence-electron chi connectivity index (χ0n) is 39.0. The van der Waals surface area contributed by atoms with Crippen molar-refractivity contribution < 1.29 is 19.2 Å². The number of amides is 4. The van der Waals surface area contributed by atoms with E-state index in [-0.39, 0.29) is 6.04 Å². The summed E-state index contributed by atoms with van der Waals surface area (Å²) in [6, 6.07) is 2.05. The number of nitrogens with zero attached hydrogens (tertiary/aromatic N) is 9. The predicted molar refractivity (Wildman–Crippen MR) is 237 cm³/mol. The number of likely N-dealkylation sites (tertiary alicyclic amines) is 3. The van der Waals surface area contributed by atoms with Crippen LogP contribution < -0.4 is 0 Å². The predicted octanol–water partition coefficient (Wildman–Crippen LogP) is 3.34. The summed E-state index contributed by atoms with van der Waals surface area (Å²) in [7, 11) is 2.13. The molecule has 3 atom stereocenters. The molecule has 8 saturated heterocycles. The topological polar surface area (TPSA) is 97.4 Å². The van der Waals surface area contributed by atoms with Crippen LogP contribution in [0.2, 0.25) is 0 Å². The molecule has 8 aliphatic heterocycles. The fourth-order valence-electron chi connectivity index (χ4n) is 10.2. The van der Waals surface area contributed by atoms with E-state index in [2.05, 4.69) is 96.7 Å². The highest BCUT2D eigenvalue weighted by Gasteiger charge is 2.38. The molecule has 59 heavy (non-hydrogen) atoms. The molecule has 13 heteroatoms. The Bertz CT molecular complexity index is 1340. The van der Waals surface area contributed by atoms with Gasteiger partial charge in [-0.15, -0.1) is 0 Å². The summed E-state index contributed by atoms with van der Waals surface area (Å²) in [5, 5.41) is 0. The van der Waals surface area contributed by atoms with Crippen LogP contribution in [-0.2, 0) is 19.2 Å². The van der Waals surface area contributed by atoms with Crippen LogP contribution in [0.3, 0.4) is 0 Å². The molecule has 0 spiro atoms. The quantitative estimate of drug-likeness (QED) is 0.329. The van der Waals surface area contributed by atoms with E-state index in [1.807, 2.05) is 9.80 Å². The molecular formula is C46H85N9O4. The van der Waals surface area contributed by atoms with Crippen molar-refractivity contribution in [2.75, 3.05) is 125 Å². The Hall–Kier alpha value is -2.32. The molecule has 3 unspecified atom stereocenters. The molecule has 8 fully saturated rings. The second kappa shape index (κ2) is 22.7. The van der Waals surface area contributed by atoms with E-state index in [1.165, 1.54) is 45.2 Å². The highest BCUT2D eigenvalue weighted by Crippen LogP contribution is 2.25. The van der Waals surface area contributed by atoms with Crippen molar-refractivity contribution in [1.82, 2.24) is 44.1 Å². The average Bonchev–Trinajstić information content (AvgIpc) is 3.80. The second-order valence-electron chi connectivity index (χ2n) is 20.7. The van der Waals surface area contributed by atoms with Crippen LogP contribution in [0.15, 0.2) is 0 Å². The summed E-state index contributed by atoms with van der Waals surface area (Å²) in [6.07, 6.45) is 8.08. The fraction of sp³-hybridized carbons (Fsp3) is 0.913. The van der Waals surface area contributed by atoms with Gasteiger partial charge in [0.25, 0.3) is 0 Å². The van der Waals surface area contributed by atoms with E-state index < -0.39 is 0 Å². The summed E-state index contributed by atoms with van der Waals surface area (Å²) in [4.78, 5) is 67.6. The molecule has 0 aromatic carbocycles. The van der Waals surface area contributed by atoms with Gasteiger partial charge in [0.15, 0.2) is 0 Å². The van der Waals surface area contributed by atoms with Crippen LogP contribution in [0, 0.1) is 23.7 Å². The highest BCUT2D eigenvalue weighted by atomic mass is 16.2. The molecule has 0 N–H and O–H groups in total. The first-order chi connectivity index (χ1) is 28.1. The number of piperazine rings is 3. The summed E-state index contributed by atoms with van der Waals surface area (Å²) < 4.78 is 0. The van der Waals surface area contributed by atoms with Crippen LogP contribution in [0.5, 0.6) is 0 Å². The first-order valence-electron chi connectivity index (χ1n) is 23.8. The highest BCUT2D eigenvalue weighted by molar-refractivity contribution is 5.83. The van der Waals surface area contributed by atoms with Gasteiger partial charge in [-0.25, -0.2) is 0 Å². The van der Waals surface area contributed by atoms with Crippen molar-refractivity contribution in [3.05, 3.63) is 0 Å². The third kappa shape index (κ3) is 14.1. The van der Waals surface area contributed by atoms with Gasteiger partial charge >= 0.3 is 0 Å². The number of fused-ring (bicyclic) bond motifs is 2.